The van der Waals surface area contributed by atoms with Gasteiger partial charge in [-0.15, -0.1) is 5.10 Å². The molecule has 0 N–H and O–H groups in total. The molecule has 0 spiro atoms. The summed E-state index contributed by atoms with van der Waals surface area (Å²) in [6.45, 7) is 9.72. The summed E-state index contributed by atoms with van der Waals surface area (Å²) in [5, 5.41) is 16.1. The molecule has 21 heavy (non-hydrogen) atoms. The van der Waals surface area contributed by atoms with Gasteiger partial charge in [-0.05, 0) is 25.2 Å². The van der Waals surface area contributed by atoms with Crippen LogP contribution < -0.4 is 0 Å². The number of unbranched alkanes of at least 4 members (excludes halogenated alkanes) is 5. The van der Waals surface area contributed by atoms with Crippen LogP contribution in [0.2, 0.25) is 0 Å². The predicted molar refractivity (Wildman–Crippen MR) is 86.2 cm³/mol. The molecular formula is C16H29N5. The van der Waals surface area contributed by atoms with Crippen LogP contribution in [0.4, 0.5) is 0 Å². The largest absolute Gasteiger partial charge is 0.252 e. The van der Waals surface area contributed by atoms with E-state index in [4.69, 9.17) is 0 Å². The van der Waals surface area contributed by atoms with Gasteiger partial charge in [0.2, 0.25) is 0 Å². The van der Waals surface area contributed by atoms with E-state index in [9.17, 15) is 0 Å². The molecule has 1 aromatic heterocycles. The Kier molecular flexibility index (Phi) is 9.33. The maximum Gasteiger partial charge on any atom is 0.0829 e. The minimum absolute atomic E-state index is 0.640. The van der Waals surface area contributed by atoms with Crippen LogP contribution in [0.5, 0.6) is 0 Å². The van der Waals surface area contributed by atoms with Gasteiger partial charge in [-0.3, -0.25) is 4.68 Å². The molecular weight excluding hydrogens is 262 g/mol. The fourth-order valence-corrected chi connectivity index (χ4v) is 2.24. The van der Waals surface area contributed by atoms with E-state index in [1.807, 2.05) is 4.68 Å². The first-order valence-electron chi connectivity index (χ1n) is 8.09. The van der Waals surface area contributed by atoms with Crippen molar-refractivity contribution in [3.8, 4) is 0 Å². The summed E-state index contributed by atoms with van der Waals surface area (Å²) in [6.07, 6.45) is 11.9. The highest BCUT2D eigenvalue weighted by Crippen LogP contribution is 2.08. The second kappa shape index (κ2) is 11.2. The molecule has 0 aliphatic rings. The molecule has 0 aliphatic heterocycles. The summed E-state index contributed by atoms with van der Waals surface area (Å²) in [7, 11) is 0. The number of hydrogen-bond acceptors (Lipinski definition) is 4. The Morgan fingerprint density at radius 1 is 1.19 bits per heavy atom. The minimum Gasteiger partial charge on any atom is -0.252 e. The quantitative estimate of drug-likeness (QED) is 0.423. The monoisotopic (exact) mass is 291 g/mol. The van der Waals surface area contributed by atoms with E-state index in [0.29, 0.717) is 5.92 Å². The molecule has 0 atom stereocenters. The van der Waals surface area contributed by atoms with Crippen LogP contribution in [-0.2, 0) is 13.0 Å². The summed E-state index contributed by atoms with van der Waals surface area (Å²) in [4.78, 5) is 0. The van der Waals surface area contributed by atoms with Crippen LogP contribution in [0.1, 0.15) is 58.1 Å². The highest BCUT2D eigenvalue weighted by molar-refractivity contribution is 4.92. The summed E-state index contributed by atoms with van der Waals surface area (Å²) in [5.41, 5.74) is 1.11. The second-order valence-corrected chi connectivity index (χ2v) is 5.86. The molecule has 0 fully saturated rings. The third-order valence-electron chi connectivity index (χ3n) is 3.26. The third kappa shape index (κ3) is 9.10. The smallest absolute Gasteiger partial charge is 0.0829 e. The highest BCUT2D eigenvalue weighted by Gasteiger charge is 2.03. The van der Waals surface area contributed by atoms with Gasteiger partial charge in [0.1, 0.15) is 0 Å². The lowest BCUT2D eigenvalue weighted by atomic mass is 10.1. The van der Waals surface area contributed by atoms with E-state index in [0.717, 1.165) is 31.6 Å². The van der Waals surface area contributed by atoms with Gasteiger partial charge in [0, 0.05) is 18.9 Å². The second-order valence-electron chi connectivity index (χ2n) is 5.86. The zero-order valence-corrected chi connectivity index (χ0v) is 13.5. The fraction of sp³-hybridized carbons (Fsp3) is 0.750. The lowest BCUT2D eigenvalue weighted by Crippen LogP contribution is -1.98. The topological polar surface area (TPSA) is 55.4 Å². The van der Waals surface area contributed by atoms with Crippen molar-refractivity contribution in [3.63, 3.8) is 0 Å². The lowest BCUT2D eigenvalue weighted by Gasteiger charge is -2.01. The van der Waals surface area contributed by atoms with Crippen LogP contribution in [0.3, 0.4) is 0 Å². The minimum atomic E-state index is 0.640. The number of rotatable bonds is 12. The standard InChI is InChI=1S/C16H29N5/c1-4-17-18-11-9-7-5-6-8-10-12-21-14-16(19-20-21)13-15(2)3/h4,14-15H,1,5-13H2,2-3H3. The maximum absolute atomic E-state index is 4.21. The number of aryl methyl sites for hydroxylation is 1. The van der Waals surface area contributed by atoms with Gasteiger partial charge in [0.15, 0.2) is 0 Å². The molecule has 118 valence electrons. The van der Waals surface area contributed by atoms with Crippen LogP contribution >= 0.6 is 0 Å². The predicted octanol–water partition coefficient (Wildman–Crippen LogP) is 4.41. The van der Waals surface area contributed by atoms with Crippen LogP contribution in [-0.4, -0.2) is 21.5 Å². The van der Waals surface area contributed by atoms with Gasteiger partial charge < -0.3 is 0 Å². The molecule has 1 rings (SSSR count). The van der Waals surface area contributed by atoms with Gasteiger partial charge in [-0.25, -0.2) is 0 Å². The van der Waals surface area contributed by atoms with Gasteiger partial charge in [-0.1, -0.05) is 51.3 Å². The molecule has 0 bridgehead atoms. The Balaban J connectivity index is 1.97. The molecule has 0 radical (unpaired) electrons. The van der Waals surface area contributed by atoms with E-state index < -0.39 is 0 Å². The molecule has 1 heterocycles. The van der Waals surface area contributed by atoms with Crippen molar-refractivity contribution in [2.24, 2.45) is 16.1 Å². The number of azo groups is 1. The van der Waals surface area contributed by atoms with Crippen molar-refractivity contribution >= 4 is 0 Å². The summed E-state index contributed by atoms with van der Waals surface area (Å²) < 4.78 is 1.98. The summed E-state index contributed by atoms with van der Waals surface area (Å²) in [6, 6.07) is 0. The SMILES string of the molecule is C=CN=NCCCCCCCCn1cc(CC(C)C)nn1. The summed E-state index contributed by atoms with van der Waals surface area (Å²) >= 11 is 0. The van der Waals surface area contributed by atoms with E-state index in [1.54, 1.807) is 0 Å². The van der Waals surface area contributed by atoms with E-state index in [2.05, 4.69) is 47.2 Å². The fourth-order valence-electron chi connectivity index (χ4n) is 2.24. The Bertz CT molecular complexity index is 409. The zero-order valence-electron chi connectivity index (χ0n) is 13.5. The molecule has 5 heteroatoms. The van der Waals surface area contributed by atoms with Gasteiger partial charge in [0.05, 0.1) is 12.2 Å². The van der Waals surface area contributed by atoms with Gasteiger partial charge in [0.25, 0.3) is 0 Å². The molecule has 1 aromatic rings. The van der Waals surface area contributed by atoms with Crippen LogP contribution in [0, 0.1) is 5.92 Å². The maximum atomic E-state index is 4.21. The first-order valence-corrected chi connectivity index (χ1v) is 8.09. The Hall–Kier alpha value is -1.52. The van der Waals surface area contributed by atoms with Crippen molar-refractivity contribution in [2.45, 2.75) is 65.3 Å². The Morgan fingerprint density at radius 2 is 1.90 bits per heavy atom. The zero-order chi connectivity index (χ0) is 15.3. The van der Waals surface area contributed by atoms with E-state index in [1.165, 1.54) is 38.3 Å². The van der Waals surface area contributed by atoms with E-state index >= 15 is 0 Å². The van der Waals surface area contributed by atoms with Crippen LogP contribution in [0.25, 0.3) is 0 Å². The third-order valence-corrected chi connectivity index (χ3v) is 3.26. The number of hydrogen-bond donors (Lipinski definition) is 0. The van der Waals surface area contributed by atoms with Crippen molar-refractivity contribution in [3.05, 3.63) is 24.7 Å². The number of nitrogens with zero attached hydrogens (tertiary/aromatic N) is 5. The average Bonchev–Trinajstić information content (AvgIpc) is 2.87. The molecule has 5 nitrogen and oxygen atoms in total. The van der Waals surface area contributed by atoms with Crippen LogP contribution in [0.15, 0.2) is 29.2 Å². The molecule has 0 aromatic carbocycles. The van der Waals surface area contributed by atoms with Crippen molar-refractivity contribution < 1.29 is 0 Å². The molecule has 0 aliphatic carbocycles. The highest BCUT2D eigenvalue weighted by atomic mass is 15.4. The number of aromatic nitrogens is 3. The Labute approximate surface area is 128 Å². The molecule has 0 unspecified atom stereocenters. The molecule has 0 saturated heterocycles. The Morgan fingerprint density at radius 3 is 2.62 bits per heavy atom. The van der Waals surface area contributed by atoms with Crippen molar-refractivity contribution in [1.82, 2.24) is 15.0 Å². The average molecular weight is 291 g/mol. The summed E-state index contributed by atoms with van der Waals surface area (Å²) in [5.74, 6) is 0.640. The van der Waals surface area contributed by atoms with Crippen molar-refractivity contribution in [1.29, 1.82) is 0 Å². The first kappa shape index (κ1) is 17.5. The van der Waals surface area contributed by atoms with Gasteiger partial charge >= 0.3 is 0 Å². The molecule has 0 saturated carbocycles. The first-order chi connectivity index (χ1) is 10.2. The van der Waals surface area contributed by atoms with Gasteiger partial charge in [-0.2, -0.15) is 10.2 Å². The molecule has 0 amide bonds. The van der Waals surface area contributed by atoms with E-state index in [-0.39, 0.29) is 0 Å². The van der Waals surface area contributed by atoms with Crippen molar-refractivity contribution in [2.75, 3.05) is 6.54 Å². The normalized spacial score (nSPS) is 11.6. The lowest BCUT2D eigenvalue weighted by molar-refractivity contribution is 0.514.